The lowest BCUT2D eigenvalue weighted by Crippen LogP contribution is -2.11. The molecule has 0 unspecified atom stereocenters. The normalized spacial score (nSPS) is 12.8. The van der Waals surface area contributed by atoms with Gasteiger partial charge in [-0.1, -0.05) is 34.6 Å². The highest BCUT2D eigenvalue weighted by Crippen LogP contribution is 2.43. The molecule has 2 aromatic carbocycles. The van der Waals surface area contributed by atoms with Crippen molar-refractivity contribution in [2.45, 2.75) is 53.4 Å². The molecule has 6 rings (SSSR count). The van der Waals surface area contributed by atoms with Gasteiger partial charge in [-0.15, -0.1) is 11.3 Å². The minimum atomic E-state index is 0.0400. The molecule has 0 aliphatic rings. The van der Waals surface area contributed by atoms with Crippen LogP contribution in [0.1, 0.15) is 51.5 Å². The van der Waals surface area contributed by atoms with E-state index in [1.54, 1.807) is 0 Å². The fourth-order valence-electron chi connectivity index (χ4n) is 5.12. The molecule has 0 saturated carbocycles. The molecule has 4 heterocycles. The van der Waals surface area contributed by atoms with E-state index < -0.39 is 0 Å². The van der Waals surface area contributed by atoms with E-state index in [1.807, 2.05) is 23.6 Å². The second-order valence-corrected chi connectivity index (χ2v) is 11.7. The summed E-state index contributed by atoms with van der Waals surface area (Å²) < 4.78 is 14.1. The SMILES string of the molecule is Cc1c(CC(C)C)oc2ccc3c(oc4ccnc(-c5cc(C(C)(C)C)c6sccc6c5)c43)c12. The molecule has 0 fully saturated rings. The lowest BCUT2D eigenvalue weighted by molar-refractivity contribution is 0.496. The lowest BCUT2D eigenvalue weighted by Gasteiger charge is -2.21. The van der Waals surface area contributed by atoms with E-state index in [0.717, 1.165) is 56.3 Å². The van der Waals surface area contributed by atoms with Gasteiger partial charge >= 0.3 is 0 Å². The molecule has 3 nitrogen and oxygen atoms in total. The zero-order valence-electron chi connectivity index (χ0n) is 20.6. The predicted octanol–water partition coefficient (Wildman–Crippen LogP) is 9.41. The number of pyridine rings is 1. The maximum absolute atomic E-state index is 6.50. The molecule has 0 N–H and O–H groups in total. The molecule has 0 amide bonds. The highest BCUT2D eigenvalue weighted by molar-refractivity contribution is 7.17. The van der Waals surface area contributed by atoms with Crippen molar-refractivity contribution < 1.29 is 8.83 Å². The van der Waals surface area contributed by atoms with Gasteiger partial charge in [0.05, 0.1) is 16.5 Å². The average Bonchev–Trinajstić information content (AvgIpc) is 3.47. The first-order valence-corrected chi connectivity index (χ1v) is 12.8. The number of rotatable bonds is 3. The van der Waals surface area contributed by atoms with Gasteiger partial charge in [0.25, 0.3) is 0 Å². The molecule has 4 aromatic heterocycles. The molecule has 0 spiro atoms. The van der Waals surface area contributed by atoms with Gasteiger partial charge in [-0.2, -0.15) is 0 Å². The molecule has 4 heteroatoms. The van der Waals surface area contributed by atoms with Crippen molar-refractivity contribution in [3.8, 4) is 11.3 Å². The van der Waals surface area contributed by atoms with Gasteiger partial charge in [-0.05, 0) is 71.0 Å². The smallest absolute Gasteiger partial charge is 0.146 e. The quantitative estimate of drug-likeness (QED) is 0.260. The van der Waals surface area contributed by atoms with Crippen LogP contribution in [0.5, 0.6) is 0 Å². The summed E-state index contributed by atoms with van der Waals surface area (Å²) in [5.74, 6) is 1.58. The van der Waals surface area contributed by atoms with Gasteiger partial charge in [0.1, 0.15) is 22.5 Å². The second kappa shape index (κ2) is 7.44. The number of thiophene rings is 1. The Morgan fingerprint density at radius 1 is 0.971 bits per heavy atom. The van der Waals surface area contributed by atoms with Crippen LogP contribution in [0.4, 0.5) is 0 Å². The fraction of sp³-hybridized carbons (Fsp3) is 0.300. The summed E-state index contributed by atoms with van der Waals surface area (Å²) in [6.45, 7) is 13.4. The molecule has 0 atom stereocenters. The van der Waals surface area contributed by atoms with Crippen LogP contribution >= 0.6 is 11.3 Å². The van der Waals surface area contributed by atoms with Crippen molar-refractivity contribution >= 4 is 54.3 Å². The third-order valence-electron chi connectivity index (χ3n) is 6.77. The minimum Gasteiger partial charge on any atom is -0.461 e. The van der Waals surface area contributed by atoms with E-state index in [4.69, 9.17) is 13.8 Å². The van der Waals surface area contributed by atoms with Gasteiger partial charge in [-0.3, -0.25) is 4.98 Å². The maximum Gasteiger partial charge on any atom is 0.146 e. The first kappa shape index (κ1) is 21.4. The molecule has 0 aliphatic carbocycles. The molecule has 0 bridgehead atoms. The topological polar surface area (TPSA) is 39.2 Å². The molecule has 0 radical (unpaired) electrons. The Bertz CT molecular complexity index is 1710. The number of furan rings is 2. The molecule has 172 valence electrons. The number of hydrogen-bond donors (Lipinski definition) is 0. The largest absolute Gasteiger partial charge is 0.461 e. The van der Waals surface area contributed by atoms with E-state index in [1.165, 1.54) is 21.2 Å². The van der Waals surface area contributed by atoms with Crippen LogP contribution in [-0.4, -0.2) is 4.98 Å². The maximum atomic E-state index is 6.50. The van der Waals surface area contributed by atoms with E-state index in [-0.39, 0.29) is 5.41 Å². The zero-order valence-corrected chi connectivity index (χ0v) is 21.4. The summed E-state index contributed by atoms with van der Waals surface area (Å²) >= 11 is 1.81. The van der Waals surface area contributed by atoms with Crippen LogP contribution in [0, 0.1) is 12.8 Å². The monoisotopic (exact) mass is 467 g/mol. The first-order chi connectivity index (χ1) is 16.2. The summed E-state index contributed by atoms with van der Waals surface area (Å²) in [6, 6.07) is 13.0. The van der Waals surface area contributed by atoms with E-state index in [0.29, 0.717) is 5.92 Å². The van der Waals surface area contributed by atoms with Gasteiger partial charge in [0.15, 0.2) is 0 Å². The van der Waals surface area contributed by atoms with Crippen molar-refractivity contribution in [3.63, 3.8) is 0 Å². The lowest BCUT2D eigenvalue weighted by atomic mass is 9.85. The molecular weight excluding hydrogens is 438 g/mol. The van der Waals surface area contributed by atoms with Crippen LogP contribution in [0.2, 0.25) is 0 Å². The highest BCUT2D eigenvalue weighted by Gasteiger charge is 2.23. The molecule has 0 aliphatic heterocycles. The Morgan fingerprint density at radius 3 is 2.53 bits per heavy atom. The summed E-state index contributed by atoms with van der Waals surface area (Å²) in [6.07, 6.45) is 2.78. The molecule has 0 saturated heterocycles. The number of fused-ring (bicyclic) bond motifs is 6. The van der Waals surface area contributed by atoms with E-state index in [9.17, 15) is 0 Å². The Morgan fingerprint density at radius 2 is 1.76 bits per heavy atom. The van der Waals surface area contributed by atoms with Crippen molar-refractivity contribution in [2.75, 3.05) is 0 Å². The summed E-state index contributed by atoms with van der Waals surface area (Å²) in [5.41, 5.74) is 7.33. The van der Waals surface area contributed by atoms with Crippen molar-refractivity contribution in [1.82, 2.24) is 4.98 Å². The fourth-order valence-corrected chi connectivity index (χ4v) is 6.22. The van der Waals surface area contributed by atoms with Gasteiger partial charge in [0, 0.05) is 33.8 Å². The zero-order chi connectivity index (χ0) is 23.8. The van der Waals surface area contributed by atoms with Crippen LogP contribution in [0.15, 0.2) is 56.8 Å². The minimum absolute atomic E-state index is 0.0400. The van der Waals surface area contributed by atoms with Crippen molar-refractivity contribution in [3.05, 3.63) is 64.9 Å². The van der Waals surface area contributed by atoms with Crippen LogP contribution in [-0.2, 0) is 11.8 Å². The second-order valence-electron chi connectivity index (χ2n) is 10.8. The molecule has 34 heavy (non-hydrogen) atoms. The van der Waals surface area contributed by atoms with Crippen molar-refractivity contribution in [2.24, 2.45) is 5.92 Å². The van der Waals surface area contributed by atoms with E-state index >= 15 is 0 Å². The van der Waals surface area contributed by atoms with Gasteiger partial charge < -0.3 is 8.83 Å². The average molecular weight is 468 g/mol. The Balaban J connectivity index is 1.66. The Labute approximate surface area is 203 Å². The summed E-state index contributed by atoms with van der Waals surface area (Å²) in [5, 5.41) is 6.69. The number of aryl methyl sites for hydroxylation is 1. The Hall–Kier alpha value is -3.11. The highest BCUT2D eigenvalue weighted by atomic mass is 32.1. The Kier molecular flexibility index (Phi) is 4.69. The summed E-state index contributed by atoms with van der Waals surface area (Å²) in [7, 11) is 0. The first-order valence-electron chi connectivity index (χ1n) is 12.0. The third-order valence-corrected chi connectivity index (χ3v) is 7.73. The number of hydrogen-bond acceptors (Lipinski definition) is 4. The third kappa shape index (κ3) is 3.19. The van der Waals surface area contributed by atoms with Crippen molar-refractivity contribution in [1.29, 1.82) is 0 Å². The van der Waals surface area contributed by atoms with Crippen LogP contribution in [0.3, 0.4) is 0 Å². The van der Waals surface area contributed by atoms with Crippen LogP contribution < -0.4 is 0 Å². The standard InChI is InChI=1S/C30H29NO2S/c1-16(2)13-24-17(3)25-22(32-24)8-7-20-26-23(33-28(20)25)9-11-31-27(26)19-14-18-10-12-34-29(18)21(15-19)30(4,5)6/h7-12,14-16H,13H2,1-6H3. The summed E-state index contributed by atoms with van der Waals surface area (Å²) in [4.78, 5) is 4.88. The molecule has 6 aromatic rings. The van der Waals surface area contributed by atoms with Gasteiger partial charge in [-0.25, -0.2) is 0 Å². The predicted molar refractivity (Wildman–Crippen MR) is 144 cm³/mol. The van der Waals surface area contributed by atoms with Crippen LogP contribution in [0.25, 0.3) is 54.3 Å². The number of nitrogens with zero attached hydrogens (tertiary/aromatic N) is 1. The number of benzene rings is 2. The molecular formula is C30H29NO2S. The van der Waals surface area contributed by atoms with Gasteiger partial charge in [0.2, 0.25) is 0 Å². The number of aromatic nitrogens is 1. The van der Waals surface area contributed by atoms with E-state index in [2.05, 4.69) is 77.3 Å².